The summed E-state index contributed by atoms with van der Waals surface area (Å²) in [4.78, 5) is 2.66. The molecule has 4 nitrogen and oxygen atoms in total. The second-order valence-electron chi connectivity index (χ2n) is 5.04. The van der Waals surface area contributed by atoms with E-state index >= 15 is 0 Å². The molecule has 0 aliphatic heterocycles. The first kappa shape index (κ1) is 15.5. The van der Waals surface area contributed by atoms with Gasteiger partial charge in [0.2, 0.25) is 0 Å². The molecular weight excluding hydrogens is 294 g/mol. The molecule has 0 bridgehead atoms. The summed E-state index contributed by atoms with van der Waals surface area (Å²) in [7, 11) is 5.86. The smallest absolute Gasteiger partial charge is 0.160 e. The van der Waals surface area contributed by atoms with Gasteiger partial charge in [-0.1, -0.05) is 29.8 Å². The average Bonchev–Trinajstić information content (AvgIpc) is 2.68. The van der Waals surface area contributed by atoms with E-state index in [4.69, 9.17) is 4.74 Å². The third kappa shape index (κ3) is 4.28. The van der Waals surface area contributed by atoms with Gasteiger partial charge in [0.15, 0.2) is 5.75 Å². The Morgan fingerprint density at radius 3 is 2.61 bits per heavy atom. The largest absolute Gasteiger partial charge is 0.493 e. The molecule has 1 rings (SSSR count). The average molecular weight is 318 g/mol. The van der Waals surface area contributed by atoms with E-state index in [1.54, 1.807) is 7.11 Å². The molecule has 0 saturated heterocycles. The minimum atomic E-state index is 0.430. The normalized spacial score (nSPS) is 14.8. The molecule has 0 radical (unpaired) electrons. The van der Waals surface area contributed by atoms with Crippen LogP contribution in [0, 0.1) is 0 Å². The SMILES string of the molecule is COc1cnn(CCN(C)C)c1C(C)CC(C)Br. The zero-order chi connectivity index (χ0) is 13.7. The van der Waals surface area contributed by atoms with E-state index < -0.39 is 0 Å². The van der Waals surface area contributed by atoms with Crippen LogP contribution in [0.1, 0.15) is 31.9 Å². The van der Waals surface area contributed by atoms with Crippen molar-refractivity contribution in [2.45, 2.75) is 37.6 Å². The summed E-state index contributed by atoms with van der Waals surface area (Å²) in [5.74, 6) is 1.33. The molecule has 0 aliphatic rings. The van der Waals surface area contributed by atoms with Crippen LogP contribution < -0.4 is 4.74 Å². The van der Waals surface area contributed by atoms with Crippen LogP contribution in [0.25, 0.3) is 0 Å². The monoisotopic (exact) mass is 317 g/mol. The Morgan fingerprint density at radius 1 is 1.44 bits per heavy atom. The lowest BCUT2D eigenvalue weighted by molar-refractivity contribution is 0.360. The molecule has 18 heavy (non-hydrogen) atoms. The molecule has 0 N–H and O–H groups in total. The first-order valence-corrected chi connectivity index (χ1v) is 7.25. The highest BCUT2D eigenvalue weighted by Gasteiger charge is 2.19. The molecule has 0 spiro atoms. The van der Waals surface area contributed by atoms with Crippen LogP contribution in [-0.4, -0.2) is 47.3 Å². The van der Waals surface area contributed by atoms with Crippen molar-refractivity contribution in [2.24, 2.45) is 0 Å². The zero-order valence-electron chi connectivity index (χ0n) is 12.0. The Kier molecular flexibility index (Phi) is 6.15. The molecule has 0 fully saturated rings. The summed E-state index contributed by atoms with van der Waals surface area (Å²) < 4.78 is 7.49. The highest BCUT2D eigenvalue weighted by atomic mass is 79.9. The maximum Gasteiger partial charge on any atom is 0.160 e. The topological polar surface area (TPSA) is 30.3 Å². The lowest BCUT2D eigenvalue weighted by Gasteiger charge is -2.18. The molecular formula is C13H24BrN3O. The Bertz CT molecular complexity index is 363. The van der Waals surface area contributed by atoms with Gasteiger partial charge in [0.1, 0.15) is 0 Å². The van der Waals surface area contributed by atoms with E-state index in [0.717, 1.165) is 25.3 Å². The number of aromatic nitrogens is 2. The molecule has 0 aliphatic carbocycles. The zero-order valence-corrected chi connectivity index (χ0v) is 13.6. The minimum Gasteiger partial charge on any atom is -0.493 e. The second kappa shape index (κ2) is 7.14. The number of halogens is 1. The quantitative estimate of drug-likeness (QED) is 0.724. The van der Waals surface area contributed by atoms with Crippen LogP contribution in [0.2, 0.25) is 0 Å². The number of hydrogen-bond acceptors (Lipinski definition) is 3. The number of rotatable bonds is 7. The highest BCUT2D eigenvalue weighted by Crippen LogP contribution is 2.30. The fourth-order valence-electron chi connectivity index (χ4n) is 2.10. The number of ether oxygens (including phenoxy) is 1. The number of nitrogens with zero attached hydrogens (tertiary/aromatic N) is 3. The van der Waals surface area contributed by atoms with Crippen LogP contribution >= 0.6 is 15.9 Å². The molecule has 0 aromatic carbocycles. The van der Waals surface area contributed by atoms with Crippen molar-refractivity contribution in [1.29, 1.82) is 0 Å². The van der Waals surface area contributed by atoms with Crippen molar-refractivity contribution in [2.75, 3.05) is 27.7 Å². The summed E-state index contributed by atoms with van der Waals surface area (Å²) >= 11 is 3.62. The van der Waals surface area contributed by atoms with Crippen molar-refractivity contribution < 1.29 is 4.74 Å². The molecule has 2 atom stereocenters. The number of likely N-dealkylation sites (N-methyl/N-ethyl adjacent to an activating group) is 1. The lowest BCUT2D eigenvalue weighted by atomic mass is 10.0. The van der Waals surface area contributed by atoms with Crippen molar-refractivity contribution in [3.05, 3.63) is 11.9 Å². The van der Waals surface area contributed by atoms with Gasteiger partial charge >= 0.3 is 0 Å². The van der Waals surface area contributed by atoms with Gasteiger partial charge in [-0.3, -0.25) is 4.68 Å². The predicted molar refractivity (Wildman–Crippen MR) is 78.8 cm³/mol. The fraction of sp³-hybridized carbons (Fsp3) is 0.769. The van der Waals surface area contributed by atoms with E-state index in [2.05, 4.69) is 58.6 Å². The molecule has 1 aromatic heterocycles. The van der Waals surface area contributed by atoms with Crippen molar-refractivity contribution in [1.82, 2.24) is 14.7 Å². The summed E-state index contributed by atoms with van der Waals surface area (Å²) in [5.41, 5.74) is 1.20. The van der Waals surface area contributed by atoms with E-state index in [-0.39, 0.29) is 0 Å². The molecule has 1 heterocycles. The maximum absolute atomic E-state index is 5.42. The maximum atomic E-state index is 5.42. The van der Waals surface area contributed by atoms with Crippen LogP contribution in [0.5, 0.6) is 5.75 Å². The summed E-state index contributed by atoms with van der Waals surface area (Å²) in [6, 6.07) is 0. The van der Waals surface area contributed by atoms with Gasteiger partial charge in [0, 0.05) is 17.3 Å². The van der Waals surface area contributed by atoms with Crippen LogP contribution in [0.15, 0.2) is 6.20 Å². The van der Waals surface area contributed by atoms with E-state index in [1.807, 2.05) is 6.20 Å². The number of methoxy groups -OCH3 is 1. The Balaban J connectivity index is 2.87. The van der Waals surface area contributed by atoms with Gasteiger partial charge in [-0.05, 0) is 20.5 Å². The third-order valence-corrected chi connectivity index (χ3v) is 3.34. The van der Waals surface area contributed by atoms with Gasteiger partial charge in [0.25, 0.3) is 0 Å². The van der Waals surface area contributed by atoms with Gasteiger partial charge in [-0.15, -0.1) is 0 Å². The van der Waals surface area contributed by atoms with Crippen molar-refractivity contribution in [3.63, 3.8) is 0 Å². The standard InChI is InChI=1S/C13H24BrN3O/c1-10(8-11(2)14)13-12(18-5)9-15-17(13)7-6-16(3)4/h9-11H,6-8H2,1-5H3. The molecule has 1 aromatic rings. The molecule has 0 saturated carbocycles. The first-order valence-electron chi connectivity index (χ1n) is 6.34. The minimum absolute atomic E-state index is 0.430. The number of hydrogen-bond donors (Lipinski definition) is 0. The predicted octanol–water partition coefficient (Wildman–Crippen LogP) is 2.73. The van der Waals surface area contributed by atoms with Crippen LogP contribution in [0.3, 0.4) is 0 Å². The van der Waals surface area contributed by atoms with Crippen LogP contribution in [-0.2, 0) is 6.54 Å². The van der Waals surface area contributed by atoms with Gasteiger partial charge in [0.05, 0.1) is 25.5 Å². The molecule has 5 heteroatoms. The van der Waals surface area contributed by atoms with Gasteiger partial charge in [-0.2, -0.15) is 5.10 Å². The lowest BCUT2D eigenvalue weighted by Crippen LogP contribution is -2.21. The highest BCUT2D eigenvalue weighted by molar-refractivity contribution is 9.09. The van der Waals surface area contributed by atoms with Crippen molar-refractivity contribution in [3.8, 4) is 5.75 Å². The summed E-state index contributed by atoms with van der Waals surface area (Å²) in [6.07, 6.45) is 2.89. The van der Waals surface area contributed by atoms with E-state index in [1.165, 1.54) is 5.69 Å². The van der Waals surface area contributed by atoms with Crippen LogP contribution in [0.4, 0.5) is 0 Å². The van der Waals surface area contributed by atoms with Gasteiger partial charge in [-0.25, -0.2) is 0 Å². The van der Waals surface area contributed by atoms with Crippen molar-refractivity contribution >= 4 is 15.9 Å². The fourth-order valence-corrected chi connectivity index (χ4v) is 2.66. The third-order valence-electron chi connectivity index (χ3n) is 2.97. The Labute approximate surface area is 118 Å². The molecule has 104 valence electrons. The van der Waals surface area contributed by atoms with Gasteiger partial charge < -0.3 is 9.64 Å². The Morgan fingerprint density at radius 2 is 2.11 bits per heavy atom. The Hall–Kier alpha value is -0.550. The second-order valence-corrected chi connectivity index (χ2v) is 6.61. The van der Waals surface area contributed by atoms with E-state index in [0.29, 0.717) is 10.7 Å². The van der Waals surface area contributed by atoms with E-state index in [9.17, 15) is 0 Å². The summed E-state index contributed by atoms with van der Waals surface area (Å²) in [5, 5.41) is 4.44. The molecule has 2 unspecified atom stereocenters. The summed E-state index contributed by atoms with van der Waals surface area (Å²) in [6.45, 7) is 6.27. The molecule has 0 amide bonds. The first-order chi connectivity index (χ1) is 8.45. The number of alkyl halides is 1.